The van der Waals surface area contributed by atoms with Crippen molar-refractivity contribution in [3.63, 3.8) is 0 Å². The third-order valence-electron chi connectivity index (χ3n) is 4.35. The Labute approximate surface area is 154 Å². The van der Waals surface area contributed by atoms with Crippen LogP contribution >= 0.6 is 0 Å². The highest BCUT2D eigenvalue weighted by molar-refractivity contribution is 7.89. The second kappa shape index (κ2) is 8.22. The molecule has 0 unspecified atom stereocenters. The Morgan fingerprint density at radius 3 is 2.38 bits per heavy atom. The fraction of sp³-hybridized carbons (Fsp3) is 0.647. The van der Waals surface area contributed by atoms with E-state index in [1.807, 2.05) is 13.8 Å². The van der Waals surface area contributed by atoms with Crippen molar-refractivity contribution < 1.29 is 23.1 Å². The van der Waals surface area contributed by atoms with Gasteiger partial charge in [0.25, 0.3) is 5.91 Å². The van der Waals surface area contributed by atoms with E-state index >= 15 is 0 Å². The molecule has 0 saturated carbocycles. The summed E-state index contributed by atoms with van der Waals surface area (Å²) in [5.74, 6) is -1.49. The topological polar surface area (TPSA) is 99.9 Å². The van der Waals surface area contributed by atoms with E-state index in [1.165, 1.54) is 26.0 Å². The van der Waals surface area contributed by atoms with E-state index in [4.69, 9.17) is 5.11 Å². The summed E-state index contributed by atoms with van der Waals surface area (Å²) in [5.41, 5.74) is 0.169. The maximum Gasteiger partial charge on any atom is 0.323 e. The van der Waals surface area contributed by atoms with Crippen LogP contribution in [0.5, 0.6) is 0 Å². The van der Waals surface area contributed by atoms with Crippen LogP contribution in [0.1, 0.15) is 43.6 Å². The van der Waals surface area contributed by atoms with Crippen molar-refractivity contribution >= 4 is 21.9 Å². The molecule has 1 aliphatic heterocycles. The van der Waals surface area contributed by atoms with Crippen LogP contribution in [0.3, 0.4) is 0 Å². The zero-order valence-electron chi connectivity index (χ0n) is 15.5. The van der Waals surface area contributed by atoms with Crippen molar-refractivity contribution in [3.05, 3.63) is 18.0 Å². The van der Waals surface area contributed by atoms with E-state index in [0.717, 1.165) is 19.3 Å². The average Bonchev–Trinajstić information content (AvgIpc) is 2.96. The lowest BCUT2D eigenvalue weighted by molar-refractivity contribution is -0.137. The maximum atomic E-state index is 12.8. The lowest BCUT2D eigenvalue weighted by Gasteiger charge is -2.25. The van der Waals surface area contributed by atoms with Gasteiger partial charge in [-0.05, 0) is 24.8 Å². The fourth-order valence-corrected chi connectivity index (χ4v) is 4.72. The predicted molar refractivity (Wildman–Crippen MR) is 96.4 cm³/mol. The molecule has 8 nitrogen and oxygen atoms in total. The number of rotatable bonds is 7. The zero-order chi connectivity index (χ0) is 19.5. The summed E-state index contributed by atoms with van der Waals surface area (Å²) in [4.78, 5) is 25.2. The van der Waals surface area contributed by atoms with Gasteiger partial charge in [0.05, 0.1) is 0 Å². The van der Waals surface area contributed by atoms with Gasteiger partial charge in [-0.1, -0.05) is 20.3 Å². The van der Waals surface area contributed by atoms with Crippen molar-refractivity contribution in [1.82, 2.24) is 13.8 Å². The number of carbonyl (C=O) groups is 2. The van der Waals surface area contributed by atoms with Crippen LogP contribution in [0.2, 0.25) is 0 Å². The van der Waals surface area contributed by atoms with Gasteiger partial charge >= 0.3 is 5.97 Å². The smallest absolute Gasteiger partial charge is 0.323 e. The molecule has 1 fully saturated rings. The van der Waals surface area contributed by atoms with E-state index in [-0.39, 0.29) is 23.1 Å². The monoisotopic (exact) mass is 385 g/mol. The molecule has 146 valence electrons. The number of carboxylic acids is 1. The highest BCUT2D eigenvalue weighted by atomic mass is 32.2. The van der Waals surface area contributed by atoms with Crippen molar-refractivity contribution in [2.45, 2.75) is 38.0 Å². The number of hydrogen-bond acceptors (Lipinski definition) is 4. The van der Waals surface area contributed by atoms with Gasteiger partial charge in [0.2, 0.25) is 10.0 Å². The molecule has 26 heavy (non-hydrogen) atoms. The average molecular weight is 385 g/mol. The van der Waals surface area contributed by atoms with Gasteiger partial charge in [0, 0.05) is 32.9 Å². The molecular weight excluding hydrogens is 358 g/mol. The summed E-state index contributed by atoms with van der Waals surface area (Å²) in [7, 11) is -2.05. The first-order valence-electron chi connectivity index (χ1n) is 8.80. The Hall–Kier alpha value is -1.87. The van der Waals surface area contributed by atoms with E-state index in [1.54, 1.807) is 7.05 Å². The lowest BCUT2D eigenvalue weighted by Crippen LogP contribution is -2.39. The highest BCUT2D eigenvalue weighted by Gasteiger charge is 2.30. The van der Waals surface area contributed by atoms with Crippen LogP contribution in [0.15, 0.2) is 17.2 Å². The van der Waals surface area contributed by atoms with E-state index in [2.05, 4.69) is 0 Å². The SMILES string of the molecule is CC(C)CN(CC(=O)O)C(=O)c1cc(S(=O)(=O)N2CCCCC2)cn1C. The minimum absolute atomic E-state index is 0.0741. The first kappa shape index (κ1) is 20.4. The molecule has 0 spiro atoms. The molecule has 1 aromatic rings. The van der Waals surface area contributed by atoms with Crippen molar-refractivity contribution in [2.24, 2.45) is 13.0 Å². The quantitative estimate of drug-likeness (QED) is 0.764. The van der Waals surface area contributed by atoms with Gasteiger partial charge in [0.15, 0.2) is 0 Å². The first-order chi connectivity index (χ1) is 12.1. The molecule has 2 rings (SSSR count). The number of carbonyl (C=O) groups excluding carboxylic acids is 1. The van der Waals surface area contributed by atoms with Crippen LogP contribution in [-0.4, -0.2) is 65.4 Å². The van der Waals surface area contributed by atoms with Gasteiger partial charge in [-0.15, -0.1) is 0 Å². The molecule has 0 radical (unpaired) electrons. The Morgan fingerprint density at radius 1 is 1.23 bits per heavy atom. The van der Waals surface area contributed by atoms with Crippen molar-refractivity contribution in [1.29, 1.82) is 0 Å². The van der Waals surface area contributed by atoms with Crippen LogP contribution < -0.4 is 0 Å². The molecule has 1 aromatic heterocycles. The van der Waals surface area contributed by atoms with E-state index in [0.29, 0.717) is 13.1 Å². The van der Waals surface area contributed by atoms with Crippen molar-refractivity contribution in [3.8, 4) is 0 Å². The molecule has 9 heteroatoms. The number of hydrogen-bond donors (Lipinski definition) is 1. The molecular formula is C17H27N3O5S. The van der Waals surface area contributed by atoms with E-state index < -0.39 is 28.4 Å². The summed E-state index contributed by atoms with van der Waals surface area (Å²) in [6.45, 7) is 4.61. The Bertz CT molecular complexity index is 763. The lowest BCUT2D eigenvalue weighted by atomic mass is 10.2. The summed E-state index contributed by atoms with van der Waals surface area (Å²) < 4.78 is 28.5. The number of amides is 1. The maximum absolute atomic E-state index is 12.8. The van der Waals surface area contributed by atoms with Crippen LogP contribution in [-0.2, 0) is 21.9 Å². The second-order valence-corrected chi connectivity index (χ2v) is 9.05. The molecule has 0 atom stereocenters. The normalized spacial score (nSPS) is 16.0. The summed E-state index contributed by atoms with van der Waals surface area (Å²) in [6.07, 6.45) is 4.10. The predicted octanol–water partition coefficient (Wildman–Crippen LogP) is 1.38. The molecule has 0 aliphatic carbocycles. The molecule has 1 N–H and O–H groups in total. The zero-order valence-corrected chi connectivity index (χ0v) is 16.3. The highest BCUT2D eigenvalue weighted by Crippen LogP contribution is 2.23. The van der Waals surface area contributed by atoms with E-state index in [9.17, 15) is 18.0 Å². The summed E-state index contributed by atoms with van der Waals surface area (Å²) in [6, 6.07) is 1.35. The Morgan fingerprint density at radius 2 is 1.85 bits per heavy atom. The third kappa shape index (κ3) is 4.64. The largest absolute Gasteiger partial charge is 0.480 e. The third-order valence-corrected chi connectivity index (χ3v) is 6.21. The Kier molecular flexibility index (Phi) is 6.46. The molecule has 1 amide bonds. The van der Waals surface area contributed by atoms with Crippen LogP contribution in [0.25, 0.3) is 0 Å². The molecule has 2 heterocycles. The minimum atomic E-state index is -3.64. The summed E-state index contributed by atoms with van der Waals surface area (Å²) >= 11 is 0. The fourth-order valence-electron chi connectivity index (χ4n) is 3.13. The molecule has 1 aliphatic rings. The number of aliphatic carboxylic acids is 1. The summed E-state index contributed by atoms with van der Waals surface area (Å²) in [5, 5.41) is 9.06. The number of aromatic nitrogens is 1. The standard InChI is InChI=1S/C17H27N3O5S/c1-13(2)10-19(12-16(21)22)17(23)15-9-14(11-18(15)3)26(24,25)20-7-5-4-6-8-20/h9,11,13H,4-8,10,12H2,1-3H3,(H,21,22). The van der Waals surface area contributed by atoms with Gasteiger partial charge < -0.3 is 14.6 Å². The van der Waals surface area contributed by atoms with Gasteiger partial charge in [0.1, 0.15) is 17.1 Å². The number of aryl methyl sites for hydroxylation is 1. The minimum Gasteiger partial charge on any atom is -0.480 e. The van der Waals surface area contributed by atoms with Crippen molar-refractivity contribution in [2.75, 3.05) is 26.2 Å². The number of sulfonamides is 1. The number of nitrogens with zero attached hydrogens (tertiary/aromatic N) is 3. The van der Waals surface area contributed by atoms with Gasteiger partial charge in [-0.3, -0.25) is 9.59 Å². The number of piperidine rings is 1. The molecule has 0 bridgehead atoms. The van der Waals surface area contributed by atoms with Gasteiger partial charge in [-0.25, -0.2) is 8.42 Å². The first-order valence-corrected chi connectivity index (χ1v) is 10.2. The van der Waals surface area contributed by atoms with Crippen LogP contribution in [0, 0.1) is 5.92 Å². The van der Waals surface area contributed by atoms with Gasteiger partial charge in [-0.2, -0.15) is 4.31 Å². The van der Waals surface area contributed by atoms with Crippen LogP contribution in [0.4, 0.5) is 0 Å². The number of carboxylic acid groups (broad SMARTS) is 1. The molecule has 0 aromatic carbocycles. The molecule has 1 saturated heterocycles. The second-order valence-electron chi connectivity index (χ2n) is 7.11. The Balaban J connectivity index is 2.30.